The molecule has 0 aliphatic carbocycles. The predicted octanol–water partition coefficient (Wildman–Crippen LogP) is 3.70. The lowest BCUT2D eigenvalue weighted by Crippen LogP contribution is -1.81. The SMILES string of the molecule is O=[N+]([O-])c1cc2c(I)c(S)ccc2s1. The molecule has 1 heterocycles. The van der Waals surface area contributed by atoms with Crippen LogP contribution in [0.4, 0.5) is 5.00 Å². The number of halogens is 1. The average Bonchev–Trinajstić information content (AvgIpc) is 2.56. The van der Waals surface area contributed by atoms with E-state index in [1.807, 2.05) is 12.1 Å². The molecule has 0 saturated heterocycles. The normalized spacial score (nSPS) is 10.7. The van der Waals surface area contributed by atoms with Crippen LogP contribution in [0.5, 0.6) is 0 Å². The number of nitrogens with zero attached hydrogens (tertiary/aromatic N) is 1. The third-order valence-electron chi connectivity index (χ3n) is 1.78. The van der Waals surface area contributed by atoms with Crippen LogP contribution < -0.4 is 0 Å². The van der Waals surface area contributed by atoms with Crippen LogP contribution >= 0.6 is 46.6 Å². The van der Waals surface area contributed by atoms with Crippen LogP contribution in [0, 0.1) is 13.7 Å². The van der Waals surface area contributed by atoms with Crippen LogP contribution in [-0.2, 0) is 0 Å². The van der Waals surface area contributed by atoms with E-state index in [0.29, 0.717) is 0 Å². The van der Waals surface area contributed by atoms with Gasteiger partial charge in [0, 0.05) is 24.6 Å². The molecular formula is C8H4INO2S2. The maximum absolute atomic E-state index is 10.6. The molecule has 0 bridgehead atoms. The van der Waals surface area contributed by atoms with Crippen LogP contribution in [-0.4, -0.2) is 4.92 Å². The second-order valence-electron chi connectivity index (χ2n) is 2.65. The Bertz CT molecular complexity index is 523. The van der Waals surface area contributed by atoms with Gasteiger partial charge in [0.25, 0.3) is 0 Å². The third kappa shape index (κ3) is 1.61. The first-order valence-corrected chi connectivity index (χ1v) is 5.99. The van der Waals surface area contributed by atoms with Gasteiger partial charge in [-0.15, -0.1) is 12.6 Å². The van der Waals surface area contributed by atoms with Crippen molar-refractivity contribution in [2.24, 2.45) is 0 Å². The molecule has 0 aliphatic heterocycles. The summed E-state index contributed by atoms with van der Waals surface area (Å²) in [5.74, 6) is 0. The minimum atomic E-state index is -0.362. The van der Waals surface area contributed by atoms with Crippen LogP contribution in [0.3, 0.4) is 0 Å². The standard InChI is InChI=1S/C8H4INO2S2/c9-8-4-3-7(10(11)12)14-6(4)2-1-5(8)13/h1-3,13H. The minimum absolute atomic E-state index is 0.178. The molecule has 1 aromatic carbocycles. The number of hydrogen-bond acceptors (Lipinski definition) is 4. The van der Waals surface area contributed by atoms with Gasteiger partial charge in [-0.05, 0) is 34.7 Å². The summed E-state index contributed by atoms with van der Waals surface area (Å²) >= 11 is 7.60. The molecule has 0 saturated carbocycles. The van der Waals surface area contributed by atoms with Gasteiger partial charge in [-0.2, -0.15) is 0 Å². The molecule has 6 heteroatoms. The van der Waals surface area contributed by atoms with E-state index in [-0.39, 0.29) is 9.92 Å². The fraction of sp³-hybridized carbons (Fsp3) is 0. The topological polar surface area (TPSA) is 43.1 Å². The van der Waals surface area contributed by atoms with E-state index in [9.17, 15) is 10.1 Å². The highest BCUT2D eigenvalue weighted by Crippen LogP contribution is 2.36. The van der Waals surface area contributed by atoms with Gasteiger partial charge in [0.1, 0.15) is 0 Å². The van der Waals surface area contributed by atoms with Crippen molar-refractivity contribution in [3.63, 3.8) is 0 Å². The van der Waals surface area contributed by atoms with Crippen molar-refractivity contribution in [2.45, 2.75) is 4.90 Å². The fourth-order valence-electron chi connectivity index (χ4n) is 1.14. The van der Waals surface area contributed by atoms with Crippen LogP contribution in [0.15, 0.2) is 23.1 Å². The van der Waals surface area contributed by atoms with E-state index in [2.05, 4.69) is 35.2 Å². The summed E-state index contributed by atoms with van der Waals surface area (Å²) in [7, 11) is 0. The van der Waals surface area contributed by atoms with Crippen molar-refractivity contribution >= 4 is 61.6 Å². The molecule has 0 aliphatic rings. The highest BCUT2D eigenvalue weighted by molar-refractivity contribution is 14.1. The van der Waals surface area contributed by atoms with Gasteiger partial charge in [-0.25, -0.2) is 0 Å². The van der Waals surface area contributed by atoms with Crippen LogP contribution in [0.25, 0.3) is 10.1 Å². The number of benzene rings is 1. The lowest BCUT2D eigenvalue weighted by atomic mass is 10.3. The van der Waals surface area contributed by atoms with E-state index in [1.165, 1.54) is 11.3 Å². The first-order chi connectivity index (χ1) is 6.59. The van der Waals surface area contributed by atoms with Gasteiger partial charge in [-0.1, -0.05) is 11.3 Å². The Morgan fingerprint density at radius 1 is 1.50 bits per heavy atom. The Labute approximate surface area is 103 Å². The quantitative estimate of drug-likeness (QED) is 0.373. The Balaban J connectivity index is 2.77. The number of nitro groups is 1. The molecule has 0 amide bonds. The van der Waals surface area contributed by atoms with Gasteiger partial charge in [0.05, 0.1) is 4.92 Å². The molecule has 14 heavy (non-hydrogen) atoms. The average molecular weight is 337 g/mol. The number of fused-ring (bicyclic) bond motifs is 1. The van der Waals surface area contributed by atoms with Crippen LogP contribution in [0.2, 0.25) is 0 Å². The van der Waals surface area contributed by atoms with Crippen molar-refractivity contribution in [2.75, 3.05) is 0 Å². The lowest BCUT2D eigenvalue weighted by molar-refractivity contribution is -0.380. The number of rotatable bonds is 1. The Morgan fingerprint density at radius 2 is 2.21 bits per heavy atom. The van der Waals surface area contributed by atoms with Crippen molar-refractivity contribution in [1.82, 2.24) is 0 Å². The van der Waals surface area contributed by atoms with Crippen LogP contribution in [0.1, 0.15) is 0 Å². The summed E-state index contributed by atoms with van der Waals surface area (Å²) in [6.45, 7) is 0. The number of hydrogen-bond donors (Lipinski definition) is 1. The van der Waals surface area contributed by atoms with E-state index in [4.69, 9.17) is 0 Å². The number of thiol groups is 1. The summed E-state index contributed by atoms with van der Waals surface area (Å²) in [6.07, 6.45) is 0. The second kappa shape index (κ2) is 3.67. The van der Waals surface area contributed by atoms with E-state index >= 15 is 0 Å². The molecule has 2 aromatic rings. The van der Waals surface area contributed by atoms with Gasteiger partial charge >= 0.3 is 5.00 Å². The molecule has 0 unspecified atom stereocenters. The summed E-state index contributed by atoms with van der Waals surface area (Å²) in [4.78, 5) is 11.1. The van der Waals surface area contributed by atoms with Gasteiger partial charge in [0.15, 0.2) is 0 Å². The van der Waals surface area contributed by atoms with E-state index in [0.717, 1.165) is 18.6 Å². The molecule has 0 spiro atoms. The Hall–Kier alpha value is -0.340. The van der Waals surface area contributed by atoms with E-state index < -0.39 is 0 Å². The largest absolute Gasteiger partial charge is 0.325 e. The maximum Gasteiger partial charge on any atom is 0.325 e. The van der Waals surface area contributed by atoms with Gasteiger partial charge < -0.3 is 0 Å². The summed E-state index contributed by atoms with van der Waals surface area (Å²) < 4.78 is 1.90. The molecule has 0 atom stereocenters. The zero-order valence-corrected chi connectivity index (χ0v) is 10.6. The third-order valence-corrected chi connectivity index (χ3v) is 4.80. The predicted molar refractivity (Wildman–Crippen MR) is 68.4 cm³/mol. The molecule has 2 rings (SSSR count). The molecule has 0 N–H and O–H groups in total. The summed E-state index contributed by atoms with van der Waals surface area (Å²) in [6, 6.07) is 5.31. The lowest BCUT2D eigenvalue weighted by Gasteiger charge is -1.96. The highest BCUT2D eigenvalue weighted by Gasteiger charge is 2.13. The molecule has 0 radical (unpaired) electrons. The Kier molecular flexibility index (Phi) is 2.67. The second-order valence-corrected chi connectivity index (χ2v) is 5.28. The molecular weight excluding hydrogens is 333 g/mol. The van der Waals surface area contributed by atoms with Crippen molar-refractivity contribution in [3.8, 4) is 0 Å². The molecule has 72 valence electrons. The zero-order valence-electron chi connectivity index (χ0n) is 6.73. The first-order valence-electron chi connectivity index (χ1n) is 3.65. The highest BCUT2D eigenvalue weighted by atomic mass is 127. The van der Waals surface area contributed by atoms with Crippen molar-refractivity contribution in [1.29, 1.82) is 0 Å². The molecule has 3 nitrogen and oxygen atoms in total. The van der Waals surface area contributed by atoms with Crippen molar-refractivity contribution in [3.05, 3.63) is 31.9 Å². The van der Waals surface area contributed by atoms with Gasteiger partial charge in [-0.3, -0.25) is 10.1 Å². The minimum Gasteiger partial charge on any atom is -0.258 e. The first kappa shape index (κ1) is 10.2. The maximum atomic E-state index is 10.6. The van der Waals surface area contributed by atoms with E-state index in [1.54, 1.807) is 6.07 Å². The Morgan fingerprint density at radius 3 is 2.86 bits per heavy atom. The fourth-order valence-corrected chi connectivity index (χ4v) is 3.03. The summed E-state index contributed by atoms with van der Waals surface area (Å²) in [5.41, 5.74) is 0. The van der Waals surface area contributed by atoms with Crippen molar-refractivity contribution < 1.29 is 4.92 Å². The molecule has 0 fully saturated rings. The van der Waals surface area contributed by atoms with Gasteiger partial charge in [0.2, 0.25) is 0 Å². The zero-order chi connectivity index (χ0) is 10.3. The smallest absolute Gasteiger partial charge is 0.258 e. The molecule has 1 aromatic heterocycles. The monoisotopic (exact) mass is 337 g/mol. The number of thiophene rings is 1. The summed E-state index contributed by atoms with van der Waals surface area (Å²) in [5, 5.41) is 11.7.